The van der Waals surface area contributed by atoms with Gasteiger partial charge in [0.15, 0.2) is 23.2 Å². The Morgan fingerprint density at radius 3 is 2.89 bits per heavy atom. The van der Waals surface area contributed by atoms with Crippen molar-refractivity contribution in [1.82, 2.24) is 5.16 Å². The number of ether oxygens (including phenoxy) is 3. The van der Waals surface area contributed by atoms with E-state index in [-0.39, 0.29) is 13.2 Å². The first kappa shape index (κ1) is 16.9. The summed E-state index contributed by atoms with van der Waals surface area (Å²) in [6.45, 7) is 1.65. The molecule has 8 heteroatoms. The van der Waals surface area contributed by atoms with Crippen LogP contribution < -0.4 is 14.8 Å². The van der Waals surface area contributed by atoms with Gasteiger partial charge in [0.25, 0.3) is 5.91 Å². The van der Waals surface area contributed by atoms with Gasteiger partial charge < -0.3 is 24.1 Å². The fourth-order valence-electron chi connectivity index (χ4n) is 2.71. The van der Waals surface area contributed by atoms with Crippen molar-refractivity contribution in [2.75, 3.05) is 12.1 Å². The summed E-state index contributed by atoms with van der Waals surface area (Å²) in [6, 6.07) is 12.2. The van der Waals surface area contributed by atoms with E-state index in [1.807, 2.05) is 18.2 Å². The lowest BCUT2D eigenvalue weighted by molar-refractivity contribution is -0.152. The minimum Gasteiger partial charge on any atom is -0.454 e. The first-order chi connectivity index (χ1) is 13.1. The highest BCUT2D eigenvalue weighted by Gasteiger charge is 2.21. The van der Waals surface area contributed by atoms with E-state index in [1.165, 1.54) is 6.92 Å². The van der Waals surface area contributed by atoms with Gasteiger partial charge >= 0.3 is 5.97 Å². The maximum atomic E-state index is 12.3. The number of amides is 1. The lowest BCUT2D eigenvalue weighted by Gasteiger charge is -2.13. The molecule has 1 N–H and O–H groups in total. The molecule has 0 spiro atoms. The summed E-state index contributed by atoms with van der Waals surface area (Å²) < 4.78 is 20.9. The molecule has 4 rings (SSSR count). The third-order valence-electron chi connectivity index (χ3n) is 4.08. The van der Waals surface area contributed by atoms with Crippen molar-refractivity contribution < 1.29 is 28.3 Å². The van der Waals surface area contributed by atoms with E-state index in [0.29, 0.717) is 28.5 Å². The second-order valence-electron chi connectivity index (χ2n) is 5.99. The largest absolute Gasteiger partial charge is 0.454 e. The molecule has 1 amide bonds. The summed E-state index contributed by atoms with van der Waals surface area (Å²) in [6.07, 6.45) is -1.06. The van der Waals surface area contributed by atoms with Gasteiger partial charge in [0.05, 0.1) is 6.42 Å². The van der Waals surface area contributed by atoms with Crippen LogP contribution in [-0.4, -0.2) is 29.9 Å². The monoisotopic (exact) mass is 368 g/mol. The van der Waals surface area contributed by atoms with Crippen molar-refractivity contribution in [1.29, 1.82) is 0 Å². The number of nitrogens with zero attached hydrogens (tertiary/aromatic N) is 1. The van der Waals surface area contributed by atoms with Gasteiger partial charge in [-0.1, -0.05) is 17.3 Å². The molecule has 0 radical (unpaired) electrons. The molecule has 1 aliphatic rings. The van der Waals surface area contributed by atoms with Gasteiger partial charge in [-0.3, -0.25) is 9.59 Å². The highest BCUT2D eigenvalue weighted by molar-refractivity contribution is 5.95. The van der Waals surface area contributed by atoms with Crippen molar-refractivity contribution in [3.8, 4) is 11.5 Å². The molecule has 0 unspecified atom stereocenters. The van der Waals surface area contributed by atoms with Crippen molar-refractivity contribution in [3.05, 3.63) is 48.2 Å². The standard InChI is InChI=1S/C19H16N2O6/c1-11(19(23)20-12-6-7-16-17(8-12)25-10-24-16)26-18(22)9-14-13-4-2-3-5-15(13)27-21-14/h2-8,11H,9-10H2,1H3,(H,20,23)/t11-/m1/s1. The molecule has 0 saturated carbocycles. The Kier molecular flexibility index (Phi) is 4.37. The van der Waals surface area contributed by atoms with Gasteiger partial charge in [-0.25, -0.2) is 0 Å². The summed E-state index contributed by atoms with van der Waals surface area (Å²) in [7, 11) is 0. The smallest absolute Gasteiger partial charge is 0.312 e. The third-order valence-corrected chi connectivity index (χ3v) is 4.08. The highest BCUT2D eigenvalue weighted by atomic mass is 16.7. The van der Waals surface area contributed by atoms with Gasteiger partial charge in [-0.05, 0) is 31.2 Å². The van der Waals surface area contributed by atoms with E-state index in [9.17, 15) is 9.59 Å². The molecule has 0 saturated heterocycles. The van der Waals surface area contributed by atoms with Crippen molar-refractivity contribution >= 4 is 28.5 Å². The predicted molar refractivity (Wildman–Crippen MR) is 94.5 cm³/mol. The quantitative estimate of drug-likeness (QED) is 0.691. The van der Waals surface area contributed by atoms with E-state index in [1.54, 1.807) is 24.3 Å². The SMILES string of the molecule is C[C@@H](OC(=O)Cc1noc2ccccc12)C(=O)Nc1ccc2c(c1)OCO2. The molecule has 138 valence electrons. The topological polar surface area (TPSA) is 99.9 Å². The molecule has 2 heterocycles. The number of carbonyl (C=O) groups excluding carboxylic acids is 2. The Morgan fingerprint density at radius 2 is 2.00 bits per heavy atom. The lowest BCUT2D eigenvalue weighted by atomic mass is 10.2. The Hall–Kier alpha value is -3.55. The number of nitrogens with one attached hydrogen (secondary N) is 1. The van der Waals surface area contributed by atoms with Gasteiger partial charge in [0.2, 0.25) is 6.79 Å². The van der Waals surface area contributed by atoms with Crippen molar-refractivity contribution in [2.24, 2.45) is 0 Å². The molecular formula is C19H16N2O6. The summed E-state index contributed by atoms with van der Waals surface area (Å²) >= 11 is 0. The fraction of sp³-hybridized carbons (Fsp3) is 0.211. The number of anilines is 1. The van der Waals surface area contributed by atoms with Crippen LogP contribution in [0.2, 0.25) is 0 Å². The number of para-hydroxylation sites is 1. The van der Waals surface area contributed by atoms with Gasteiger partial charge in [-0.2, -0.15) is 0 Å². The maximum Gasteiger partial charge on any atom is 0.312 e. The van der Waals surface area contributed by atoms with E-state index in [0.717, 1.165) is 5.39 Å². The molecule has 8 nitrogen and oxygen atoms in total. The van der Waals surface area contributed by atoms with Gasteiger partial charge in [0.1, 0.15) is 5.69 Å². The zero-order valence-electron chi connectivity index (χ0n) is 14.4. The summed E-state index contributed by atoms with van der Waals surface area (Å²) in [5.74, 6) is 0.150. The van der Waals surface area contributed by atoms with Crippen molar-refractivity contribution in [2.45, 2.75) is 19.4 Å². The number of rotatable bonds is 5. The maximum absolute atomic E-state index is 12.3. The molecule has 27 heavy (non-hydrogen) atoms. The average Bonchev–Trinajstić information content (AvgIpc) is 3.28. The minimum absolute atomic E-state index is 0.0847. The second kappa shape index (κ2) is 6.99. The molecule has 0 bridgehead atoms. The Balaban J connectivity index is 1.36. The molecule has 1 aromatic heterocycles. The Bertz CT molecular complexity index is 1010. The van der Waals surface area contributed by atoms with Crippen LogP contribution in [0, 0.1) is 0 Å². The van der Waals surface area contributed by atoms with Crippen LogP contribution in [0.15, 0.2) is 47.0 Å². The van der Waals surface area contributed by atoms with Crippen LogP contribution in [0.4, 0.5) is 5.69 Å². The number of hydrogen-bond donors (Lipinski definition) is 1. The predicted octanol–water partition coefficient (Wildman–Crippen LogP) is 2.67. The Morgan fingerprint density at radius 1 is 1.19 bits per heavy atom. The zero-order chi connectivity index (χ0) is 18.8. The molecule has 1 aliphatic heterocycles. The number of esters is 1. The van der Waals surface area contributed by atoms with Crippen LogP contribution in [0.3, 0.4) is 0 Å². The molecule has 1 atom stereocenters. The van der Waals surface area contributed by atoms with E-state index in [4.69, 9.17) is 18.7 Å². The van der Waals surface area contributed by atoms with E-state index in [2.05, 4.69) is 10.5 Å². The lowest BCUT2D eigenvalue weighted by Crippen LogP contribution is -2.30. The minimum atomic E-state index is -0.971. The van der Waals surface area contributed by atoms with Crippen LogP contribution in [0.1, 0.15) is 12.6 Å². The third kappa shape index (κ3) is 3.55. The summed E-state index contributed by atoms with van der Waals surface area (Å²) in [4.78, 5) is 24.4. The fourth-order valence-corrected chi connectivity index (χ4v) is 2.71. The summed E-state index contributed by atoms with van der Waals surface area (Å²) in [5.41, 5.74) is 1.59. The van der Waals surface area contributed by atoms with Gasteiger partial charge in [0, 0.05) is 17.1 Å². The average molecular weight is 368 g/mol. The highest BCUT2D eigenvalue weighted by Crippen LogP contribution is 2.34. The molecule has 0 fully saturated rings. The number of hydrogen-bond acceptors (Lipinski definition) is 7. The molecule has 0 aliphatic carbocycles. The van der Waals surface area contributed by atoms with E-state index < -0.39 is 18.0 Å². The number of carbonyl (C=O) groups is 2. The molecular weight excluding hydrogens is 352 g/mol. The zero-order valence-corrected chi connectivity index (χ0v) is 14.4. The number of aromatic nitrogens is 1. The van der Waals surface area contributed by atoms with Crippen molar-refractivity contribution in [3.63, 3.8) is 0 Å². The first-order valence-corrected chi connectivity index (χ1v) is 8.33. The van der Waals surface area contributed by atoms with Gasteiger partial charge in [-0.15, -0.1) is 0 Å². The van der Waals surface area contributed by atoms with Crippen LogP contribution in [0.25, 0.3) is 11.0 Å². The summed E-state index contributed by atoms with van der Waals surface area (Å²) in [5, 5.41) is 7.31. The normalized spacial score (nSPS) is 13.4. The first-order valence-electron chi connectivity index (χ1n) is 8.33. The number of fused-ring (bicyclic) bond motifs is 2. The van der Waals surface area contributed by atoms with E-state index >= 15 is 0 Å². The Labute approximate surface area is 154 Å². The molecule has 3 aromatic rings. The second-order valence-corrected chi connectivity index (χ2v) is 5.99. The number of benzene rings is 2. The van der Waals surface area contributed by atoms with Crippen LogP contribution in [0.5, 0.6) is 11.5 Å². The van der Waals surface area contributed by atoms with Crippen LogP contribution in [-0.2, 0) is 20.7 Å². The molecule has 2 aromatic carbocycles. The van der Waals surface area contributed by atoms with Crippen LogP contribution >= 0.6 is 0 Å².